The lowest BCUT2D eigenvalue weighted by Gasteiger charge is -2.24. The Hall–Kier alpha value is -2.25. The van der Waals surface area contributed by atoms with Crippen molar-refractivity contribution in [1.29, 1.82) is 0 Å². The molecule has 3 rings (SSSR count). The molecule has 2 heterocycles. The number of carboxylic acid groups (broad SMARTS) is 1. The number of rotatable bonds is 6. The summed E-state index contributed by atoms with van der Waals surface area (Å²) < 4.78 is 5.48. The molecule has 132 valence electrons. The average Bonchev–Trinajstić information content (AvgIpc) is 3.27. The van der Waals surface area contributed by atoms with Crippen LogP contribution in [-0.2, 0) is 20.7 Å². The molecule has 0 aliphatic carbocycles. The molecule has 1 aromatic carbocycles. The van der Waals surface area contributed by atoms with E-state index in [1.165, 1.54) is 0 Å². The van der Waals surface area contributed by atoms with Gasteiger partial charge in [0.05, 0.1) is 0 Å². The quantitative estimate of drug-likeness (QED) is 0.826. The first-order valence-electron chi connectivity index (χ1n) is 8.14. The van der Waals surface area contributed by atoms with E-state index in [0.717, 1.165) is 22.6 Å². The first-order valence-corrected chi connectivity index (χ1v) is 9.02. The number of benzene rings is 1. The molecule has 25 heavy (non-hydrogen) atoms. The summed E-state index contributed by atoms with van der Waals surface area (Å²) in [4.78, 5) is 28.2. The molecule has 1 unspecified atom stereocenters. The van der Waals surface area contributed by atoms with E-state index in [1.807, 2.05) is 29.6 Å². The minimum Gasteiger partial charge on any atom is -0.480 e. The number of ether oxygens (including phenoxy) is 1. The number of aromatic nitrogens is 1. The van der Waals surface area contributed by atoms with E-state index in [0.29, 0.717) is 13.0 Å². The summed E-state index contributed by atoms with van der Waals surface area (Å²) in [7, 11) is 0. The highest BCUT2D eigenvalue weighted by molar-refractivity contribution is 7.13. The van der Waals surface area contributed by atoms with Crippen LogP contribution < -0.4 is 5.32 Å². The lowest BCUT2D eigenvalue weighted by atomic mass is 9.99. The first kappa shape index (κ1) is 17.6. The third-order valence-corrected chi connectivity index (χ3v) is 5.20. The molecule has 6 nitrogen and oxygen atoms in total. The van der Waals surface area contributed by atoms with Gasteiger partial charge in [0.1, 0.15) is 16.7 Å². The molecule has 1 aliphatic heterocycles. The maximum Gasteiger partial charge on any atom is 0.326 e. The molecule has 1 aromatic heterocycles. The van der Waals surface area contributed by atoms with Gasteiger partial charge in [-0.25, -0.2) is 9.78 Å². The Morgan fingerprint density at radius 3 is 2.72 bits per heavy atom. The predicted molar refractivity (Wildman–Crippen MR) is 94.4 cm³/mol. The number of amides is 1. The molecule has 1 fully saturated rings. The third-order valence-electron chi connectivity index (χ3n) is 4.38. The number of carbonyl (C=O) groups excluding carboxylic acids is 1. The van der Waals surface area contributed by atoms with Gasteiger partial charge in [-0.1, -0.05) is 24.3 Å². The lowest BCUT2D eigenvalue weighted by molar-refractivity contribution is -0.147. The summed E-state index contributed by atoms with van der Waals surface area (Å²) in [6.07, 6.45) is 3.37. The second kappa shape index (κ2) is 7.33. The molecule has 1 aliphatic rings. The SMILES string of the molecule is CC1(C(=O)N[C@@H](Cc2ccc(-c3nccs3)cc2)C(=O)O)CCCO1. The van der Waals surface area contributed by atoms with Gasteiger partial charge >= 0.3 is 5.97 Å². The van der Waals surface area contributed by atoms with Gasteiger partial charge in [-0.3, -0.25) is 4.79 Å². The fourth-order valence-electron chi connectivity index (χ4n) is 2.85. The zero-order chi connectivity index (χ0) is 17.9. The Morgan fingerprint density at radius 1 is 1.40 bits per heavy atom. The maximum atomic E-state index is 12.4. The van der Waals surface area contributed by atoms with Gasteiger partial charge in [0.25, 0.3) is 5.91 Å². The van der Waals surface area contributed by atoms with Crippen LogP contribution in [-0.4, -0.2) is 40.2 Å². The molecule has 0 saturated carbocycles. The first-order chi connectivity index (χ1) is 12.0. The van der Waals surface area contributed by atoms with Crippen molar-refractivity contribution >= 4 is 23.2 Å². The largest absolute Gasteiger partial charge is 0.480 e. The Labute approximate surface area is 149 Å². The van der Waals surface area contributed by atoms with Gasteiger partial charge in [-0.05, 0) is 25.3 Å². The van der Waals surface area contributed by atoms with E-state index in [2.05, 4.69) is 10.3 Å². The van der Waals surface area contributed by atoms with Gasteiger partial charge in [0.15, 0.2) is 0 Å². The van der Waals surface area contributed by atoms with Crippen LogP contribution in [0.1, 0.15) is 25.3 Å². The summed E-state index contributed by atoms with van der Waals surface area (Å²) in [6.45, 7) is 2.23. The monoisotopic (exact) mass is 360 g/mol. The Kier molecular flexibility index (Phi) is 5.15. The predicted octanol–water partition coefficient (Wildman–Crippen LogP) is 2.49. The van der Waals surface area contributed by atoms with E-state index in [1.54, 1.807) is 24.5 Å². The van der Waals surface area contributed by atoms with Crippen molar-refractivity contribution < 1.29 is 19.4 Å². The zero-order valence-corrected chi connectivity index (χ0v) is 14.7. The van der Waals surface area contributed by atoms with Crippen LogP contribution in [0.2, 0.25) is 0 Å². The van der Waals surface area contributed by atoms with Gasteiger partial charge in [0.2, 0.25) is 0 Å². The van der Waals surface area contributed by atoms with Crippen LogP contribution in [0.4, 0.5) is 0 Å². The molecular weight excluding hydrogens is 340 g/mol. The van der Waals surface area contributed by atoms with Crippen LogP contribution in [0.25, 0.3) is 10.6 Å². The van der Waals surface area contributed by atoms with Crippen molar-refractivity contribution in [2.75, 3.05) is 6.61 Å². The molecule has 0 spiro atoms. The Balaban J connectivity index is 1.67. The molecule has 0 bridgehead atoms. The van der Waals surface area contributed by atoms with Gasteiger partial charge < -0.3 is 15.2 Å². The van der Waals surface area contributed by atoms with Crippen LogP contribution in [0.15, 0.2) is 35.8 Å². The maximum absolute atomic E-state index is 12.4. The summed E-state index contributed by atoms with van der Waals surface area (Å²) in [5.74, 6) is -1.42. The average molecular weight is 360 g/mol. The number of aliphatic carboxylic acids is 1. The fourth-order valence-corrected chi connectivity index (χ4v) is 3.50. The highest BCUT2D eigenvalue weighted by atomic mass is 32.1. The molecule has 1 amide bonds. The molecule has 7 heteroatoms. The number of carboxylic acids is 1. The summed E-state index contributed by atoms with van der Waals surface area (Å²) >= 11 is 1.55. The normalized spacial score (nSPS) is 21.0. The van der Waals surface area contributed by atoms with E-state index in [-0.39, 0.29) is 12.3 Å². The van der Waals surface area contributed by atoms with E-state index < -0.39 is 17.6 Å². The van der Waals surface area contributed by atoms with Crippen LogP contribution in [0, 0.1) is 0 Å². The molecule has 2 aromatic rings. The minimum atomic E-state index is -1.06. The van der Waals surface area contributed by atoms with E-state index >= 15 is 0 Å². The van der Waals surface area contributed by atoms with Gasteiger partial charge in [0, 0.05) is 30.2 Å². The number of carbonyl (C=O) groups is 2. The zero-order valence-electron chi connectivity index (χ0n) is 13.9. The second-order valence-corrected chi connectivity index (χ2v) is 7.18. The van der Waals surface area contributed by atoms with Crippen molar-refractivity contribution in [2.45, 2.75) is 37.8 Å². The second-order valence-electron chi connectivity index (χ2n) is 6.29. The highest BCUT2D eigenvalue weighted by Gasteiger charge is 2.39. The molecule has 2 atom stereocenters. The standard InChI is InChI=1S/C18H20N2O4S/c1-18(7-2-9-24-18)17(23)20-14(16(21)22)11-12-3-5-13(6-4-12)15-19-8-10-25-15/h3-6,8,10,14H,2,7,9,11H2,1H3,(H,20,23)(H,21,22)/t14-,18?/m0/s1. The fraction of sp³-hybridized carbons (Fsp3) is 0.389. The minimum absolute atomic E-state index is 0.218. The van der Waals surface area contributed by atoms with E-state index in [9.17, 15) is 14.7 Å². The number of hydrogen-bond acceptors (Lipinski definition) is 5. The van der Waals surface area contributed by atoms with Crippen LogP contribution >= 0.6 is 11.3 Å². The topological polar surface area (TPSA) is 88.5 Å². The smallest absolute Gasteiger partial charge is 0.326 e. The summed E-state index contributed by atoms with van der Waals surface area (Å²) in [5.41, 5.74) is 0.898. The molecule has 2 N–H and O–H groups in total. The van der Waals surface area contributed by atoms with E-state index in [4.69, 9.17) is 4.74 Å². The summed E-state index contributed by atoms with van der Waals surface area (Å²) in [6, 6.07) is 6.57. The Bertz CT molecular complexity index is 737. The van der Waals surface area contributed by atoms with Crippen LogP contribution in [0.5, 0.6) is 0 Å². The van der Waals surface area contributed by atoms with Crippen molar-refractivity contribution in [1.82, 2.24) is 10.3 Å². The van der Waals surface area contributed by atoms with Crippen molar-refractivity contribution in [3.63, 3.8) is 0 Å². The molecule has 1 saturated heterocycles. The van der Waals surface area contributed by atoms with Crippen molar-refractivity contribution in [2.24, 2.45) is 0 Å². The molecular formula is C18H20N2O4S. The van der Waals surface area contributed by atoms with Crippen LogP contribution in [0.3, 0.4) is 0 Å². The third kappa shape index (κ3) is 4.05. The number of nitrogens with one attached hydrogen (secondary N) is 1. The highest BCUT2D eigenvalue weighted by Crippen LogP contribution is 2.26. The van der Waals surface area contributed by atoms with Gasteiger partial charge in [-0.15, -0.1) is 11.3 Å². The summed E-state index contributed by atoms with van der Waals surface area (Å²) in [5, 5.41) is 14.9. The van der Waals surface area contributed by atoms with Gasteiger partial charge in [-0.2, -0.15) is 0 Å². The molecule has 0 radical (unpaired) electrons. The number of nitrogens with zero attached hydrogens (tertiary/aromatic N) is 1. The number of hydrogen-bond donors (Lipinski definition) is 2. The number of thiazole rings is 1. The van der Waals surface area contributed by atoms with Crippen molar-refractivity contribution in [3.8, 4) is 10.6 Å². The lowest BCUT2D eigenvalue weighted by Crippen LogP contribution is -2.51. The Morgan fingerprint density at radius 2 is 2.16 bits per heavy atom. The van der Waals surface area contributed by atoms with Crippen molar-refractivity contribution in [3.05, 3.63) is 41.4 Å².